The molecule has 0 radical (unpaired) electrons. The Labute approximate surface area is 147 Å². The average molecular weight is 352 g/mol. The van der Waals surface area contributed by atoms with Gasteiger partial charge < -0.3 is 14.9 Å². The van der Waals surface area contributed by atoms with Crippen molar-refractivity contribution in [3.05, 3.63) is 52.7 Å². The number of fused-ring (bicyclic) bond motifs is 3. The lowest BCUT2D eigenvalue weighted by atomic mass is 10.1. The van der Waals surface area contributed by atoms with Gasteiger partial charge in [0.05, 0.1) is 21.7 Å². The van der Waals surface area contributed by atoms with Crippen LogP contribution in [0, 0.1) is 0 Å². The van der Waals surface area contributed by atoms with E-state index < -0.39 is 0 Å². The van der Waals surface area contributed by atoms with Gasteiger partial charge in [0.1, 0.15) is 17.1 Å². The maximum Gasteiger partial charge on any atom is 0.194 e. The maximum atomic E-state index is 12.7. The van der Waals surface area contributed by atoms with Crippen molar-refractivity contribution >= 4 is 37.7 Å². The van der Waals surface area contributed by atoms with E-state index in [2.05, 4.69) is 4.98 Å². The summed E-state index contributed by atoms with van der Waals surface area (Å²) in [7, 11) is 0. The molecule has 0 amide bonds. The van der Waals surface area contributed by atoms with Crippen molar-refractivity contribution in [1.29, 1.82) is 0 Å². The molecule has 4 rings (SSSR count). The summed E-state index contributed by atoms with van der Waals surface area (Å²) in [6, 6.07) is 12.6. The molecule has 0 aliphatic carbocycles. The first kappa shape index (κ1) is 15.7. The van der Waals surface area contributed by atoms with E-state index in [1.54, 1.807) is 6.07 Å². The van der Waals surface area contributed by atoms with Crippen LogP contribution >= 0.6 is 11.3 Å². The van der Waals surface area contributed by atoms with Crippen LogP contribution < -0.4 is 15.9 Å². The van der Waals surface area contributed by atoms with Gasteiger partial charge in [-0.2, -0.15) is 0 Å². The third-order valence-corrected chi connectivity index (χ3v) is 4.67. The van der Waals surface area contributed by atoms with Gasteiger partial charge in [-0.3, -0.25) is 4.79 Å². The van der Waals surface area contributed by atoms with Gasteiger partial charge in [0, 0.05) is 11.6 Å². The maximum absolute atomic E-state index is 12.7. The highest BCUT2D eigenvalue weighted by Gasteiger charge is 2.13. The Kier molecular flexibility index (Phi) is 3.69. The molecule has 2 aromatic heterocycles. The molecule has 6 heteroatoms. The topological polar surface area (TPSA) is 78.3 Å². The molecular weight excluding hydrogens is 336 g/mol. The van der Waals surface area contributed by atoms with Crippen molar-refractivity contribution in [2.75, 3.05) is 5.73 Å². The summed E-state index contributed by atoms with van der Waals surface area (Å²) in [6.45, 7) is 3.93. The third kappa shape index (κ3) is 2.85. The highest BCUT2D eigenvalue weighted by molar-refractivity contribution is 7.22. The number of hydrogen-bond acceptors (Lipinski definition) is 6. The minimum Gasteiger partial charge on any atom is -0.491 e. The SMILES string of the molecule is CC(C)Oc1cccc(-c2cc(=O)c3c(ccc4nc(N)sc43)o2)c1. The largest absolute Gasteiger partial charge is 0.491 e. The number of rotatable bonds is 3. The number of hydrogen-bond donors (Lipinski definition) is 1. The highest BCUT2D eigenvalue weighted by Crippen LogP contribution is 2.32. The minimum absolute atomic E-state index is 0.0731. The van der Waals surface area contributed by atoms with E-state index in [0.717, 1.165) is 16.0 Å². The first-order chi connectivity index (χ1) is 12.0. The highest BCUT2D eigenvalue weighted by atomic mass is 32.1. The van der Waals surface area contributed by atoms with E-state index in [1.165, 1.54) is 17.4 Å². The molecule has 5 nitrogen and oxygen atoms in total. The normalized spacial score (nSPS) is 11.5. The van der Waals surface area contributed by atoms with E-state index in [4.69, 9.17) is 14.9 Å². The summed E-state index contributed by atoms with van der Waals surface area (Å²) in [4.78, 5) is 16.9. The standard InChI is InChI=1S/C19H16N2O3S/c1-10(2)23-12-5-3-4-11(8-12)16-9-14(22)17-15(24-16)7-6-13-18(17)25-19(20)21-13/h3-10H,1-2H3,(H2,20,21). The predicted octanol–water partition coefficient (Wildman–Crippen LogP) is 4.44. The molecule has 2 heterocycles. The molecule has 126 valence electrons. The van der Waals surface area contributed by atoms with Crippen molar-refractivity contribution in [1.82, 2.24) is 4.98 Å². The number of thiazole rings is 1. The van der Waals surface area contributed by atoms with Crippen molar-refractivity contribution in [2.45, 2.75) is 20.0 Å². The van der Waals surface area contributed by atoms with Gasteiger partial charge in [-0.25, -0.2) is 4.98 Å². The zero-order chi connectivity index (χ0) is 17.6. The molecule has 0 saturated carbocycles. The lowest BCUT2D eigenvalue weighted by molar-refractivity contribution is 0.242. The monoisotopic (exact) mass is 352 g/mol. The van der Waals surface area contributed by atoms with Crippen molar-refractivity contribution in [3.8, 4) is 17.1 Å². The molecule has 2 aromatic carbocycles. The van der Waals surface area contributed by atoms with Crippen LogP contribution in [0.4, 0.5) is 5.13 Å². The number of aromatic nitrogens is 1. The Morgan fingerprint density at radius 1 is 1.20 bits per heavy atom. The molecule has 0 atom stereocenters. The molecule has 0 aliphatic rings. The summed E-state index contributed by atoms with van der Waals surface area (Å²) in [5.41, 5.74) is 7.68. The number of anilines is 1. The summed E-state index contributed by atoms with van der Waals surface area (Å²) in [5.74, 6) is 1.24. The predicted molar refractivity (Wildman–Crippen MR) is 101 cm³/mol. The van der Waals surface area contributed by atoms with Gasteiger partial charge in [-0.05, 0) is 38.1 Å². The first-order valence-corrected chi connectivity index (χ1v) is 8.73. The van der Waals surface area contributed by atoms with Crippen LogP contribution in [0.1, 0.15) is 13.8 Å². The van der Waals surface area contributed by atoms with E-state index in [-0.39, 0.29) is 11.5 Å². The van der Waals surface area contributed by atoms with Crippen LogP contribution in [0.3, 0.4) is 0 Å². The smallest absolute Gasteiger partial charge is 0.194 e. The molecule has 0 aliphatic heterocycles. The molecule has 4 aromatic rings. The number of nitrogens with two attached hydrogens (primary N) is 1. The first-order valence-electron chi connectivity index (χ1n) is 7.91. The van der Waals surface area contributed by atoms with E-state index in [1.807, 2.05) is 44.2 Å². The Morgan fingerprint density at radius 3 is 2.84 bits per heavy atom. The number of benzene rings is 2. The molecule has 0 saturated heterocycles. The lowest BCUT2D eigenvalue weighted by Gasteiger charge is -2.10. The van der Waals surface area contributed by atoms with Gasteiger partial charge in [0.2, 0.25) is 0 Å². The zero-order valence-electron chi connectivity index (χ0n) is 13.8. The minimum atomic E-state index is -0.110. The van der Waals surface area contributed by atoms with Gasteiger partial charge >= 0.3 is 0 Å². The number of nitrogens with zero attached hydrogens (tertiary/aromatic N) is 1. The molecule has 0 unspecified atom stereocenters. The van der Waals surface area contributed by atoms with E-state index in [0.29, 0.717) is 27.4 Å². The van der Waals surface area contributed by atoms with E-state index in [9.17, 15) is 4.79 Å². The van der Waals surface area contributed by atoms with Crippen molar-refractivity contribution < 1.29 is 9.15 Å². The molecule has 0 spiro atoms. The van der Waals surface area contributed by atoms with Crippen LogP contribution in [-0.4, -0.2) is 11.1 Å². The zero-order valence-corrected chi connectivity index (χ0v) is 14.6. The fourth-order valence-electron chi connectivity index (χ4n) is 2.79. The Morgan fingerprint density at radius 2 is 2.04 bits per heavy atom. The van der Waals surface area contributed by atoms with Crippen molar-refractivity contribution in [2.24, 2.45) is 0 Å². The summed E-state index contributed by atoms with van der Waals surface area (Å²) in [5, 5.41) is 0.953. The van der Waals surface area contributed by atoms with Gasteiger partial charge in [0.25, 0.3) is 0 Å². The summed E-state index contributed by atoms with van der Waals surface area (Å²) in [6.07, 6.45) is 0.0731. The molecule has 0 fully saturated rings. The molecule has 25 heavy (non-hydrogen) atoms. The number of nitrogen functional groups attached to an aromatic ring is 1. The van der Waals surface area contributed by atoms with Crippen LogP contribution in [0.2, 0.25) is 0 Å². The van der Waals surface area contributed by atoms with E-state index >= 15 is 0 Å². The quantitative estimate of drug-likeness (QED) is 0.590. The van der Waals surface area contributed by atoms with Gasteiger partial charge in [-0.1, -0.05) is 23.5 Å². The van der Waals surface area contributed by atoms with Crippen LogP contribution in [0.15, 0.2) is 51.7 Å². The second-order valence-electron chi connectivity index (χ2n) is 6.01. The Hall–Kier alpha value is -2.86. The van der Waals surface area contributed by atoms with Crippen LogP contribution in [0.5, 0.6) is 5.75 Å². The molecule has 2 N–H and O–H groups in total. The van der Waals surface area contributed by atoms with Gasteiger partial charge in [0.15, 0.2) is 10.6 Å². The van der Waals surface area contributed by atoms with Crippen LogP contribution in [-0.2, 0) is 0 Å². The molecular formula is C19H16N2O3S. The fourth-order valence-corrected chi connectivity index (χ4v) is 3.66. The third-order valence-electron chi connectivity index (χ3n) is 3.75. The van der Waals surface area contributed by atoms with Crippen LogP contribution in [0.25, 0.3) is 32.5 Å². The second kappa shape index (κ2) is 5.89. The summed E-state index contributed by atoms with van der Waals surface area (Å²) >= 11 is 1.29. The summed E-state index contributed by atoms with van der Waals surface area (Å²) < 4.78 is 12.5. The number of ether oxygens (including phenoxy) is 1. The Balaban J connectivity index is 1.89. The Bertz CT molecular complexity index is 1140. The lowest BCUT2D eigenvalue weighted by Crippen LogP contribution is -2.05. The fraction of sp³-hybridized carbons (Fsp3) is 0.158. The average Bonchev–Trinajstić information content (AvgIpc) is 2.94. The van der Waals surface area contributed by atoms with Crippen molar-refractivity contribution in [3.63, 3.8) is 0 Å². The second-order valence-corrected chi connectivity index (χ2v) is 7.04. The molecule has 0 bridgehead atoms. The van der Waals surface area contributed by atoms with Gasteiger partial charge in [-0.15, -0.1) is 0 Å².